The maximum atomic E-state index is 5.83. The molecule has 0 bridgehead atoms. The molecule has 1 atom stereocenters. The highest BCUT2D eigenvalue weighted by atomic mass is 79.9. The fourth-order valence-electron chi connectivity index (χ4n) is 1.82. The lowest BCUT2D eigenvalue weighted by Gasteiger charge is -1.98. The number of nitrogens with two attached hydrogens (primary N) is 1. The number of fused-ring (bicyclic) bond motifs is 3. The SMILES string of the molecule is CC(N)c1cn2c(nc3ccc(Br)cc32)[nH]1. The van der Waals surface area contributed by atoms with Crippen LogP contribution in [0.1, 0.15) is 18.7 Å². The van der Waals surface area contributed by atoms with Crippen LogP contribution < -0.4 is 5.73 Å². The third-order valence-corrected chi connectivity index (χ3v) is 3.16. The summed E-state index contributed by atoms with van der Waals surface area (Å²) >= 11 is 3.46. The monoisotopic (exact) mass is 278 g/mol. The van der Waals surface area contributed by atoms with Gasteiger partial charge in [-0.15, -0.1) is 0 Å². The molecule has 1 aromatic carbocycles. The first kappa shape index (κ1) is 9.86. The average Bonchev–Trinajstić information content (AvgIpc) is 2.75. The van der Waals surface area contributed by atoms with Gasteiger partial charge in [-0.05, 0) is 25.1 Å². The maximum absolute atomic E-state index is 5.83. The molecule has 0 aliphatic rings. The van der Waals surface area contributed by atoms with E-state index in [0.717, 1.165) is 27.0 Å². The number of aromatic nitrogens is 3. The summed E-state index contributed by atoms with van der Waals surface area (Å²) in [7, 11) is 0. The van der Waals surface area contributed by atoms with Crippen molar-refractivity contribution < 1.29 is 0 Å². The van der Waals surface area contributed by atoms with E-state index in [1.807, 2.05) is 35.7 Å². The Hall–Kier alpha value is -1.33. The zero-order valence-corrected chi connectivity index (χ0v) is 10.3. The third-order valence-electron chi connectivity index (χ3n) is 2.67. The van der Waals surface area contributed by atoms with Gasteiger partial charge in [0.2, 0.25) is 5.78 Å². The summed E-state index contributed by atoms with van der Waals surface area (Å²) in [5, 5.41) is 0. The van der Waals surface area contributed by atoms with E-state index in [0.29, 0.717) is 0 Å². The molecule has 1 unspecified atom stereocenters. The van der Waals surface area contributed by atoms with Crippen molar-refractivity contribution in [3.63, 3.8) is 0 Å². The fourth-order valence-corrected chi connectivity index (χ4v) is 2.17. The Morgan fingerprint density at radius 3 is 3.06 bits per heavy atom. The quantitative estimate of drug-likeness (QED) is 0.719. The van der Waals surface area contributed by atoms with Gasteiger partial charge in [0.05, 0.1) is 16.7 Å². The first-order chi connectivity index (χ1) is 7.65. The molecule has 16 heavy (non-hydrogen) atoms. The van der Waals surface area contributed by atoms with Crippen LogP contribution in [-0.4, -0.2) is 14.4 Å². The summed E-state index contributed by atoms with van der Waals surface area (Å²) < 4.78 is 3.07. The molecule has 0 saturated heterocycles. The van der Waals surface area contributed by atoms with Gasteiger partial charge in [0.1, 0.15) is 0 Å². The number of hydrogen-bond acceptors (Lipinski definition) is 2. The zero-order chi connectivity index (χ0) is 11.3. The Bertz CT molecular complexity index is 665. The molecule has 0 saturated carbocycles. The number of benzene rings is 1. The van der Waals surface area contributed by atoms with Crippen molar-refractivity contribution in [1.29, 1.82) is 0 Å². The predicted octanol–water partition coefficient (Wildman–Crippen LogP) is 2.60. The van der Waals surface area contributed by atoms with Crippen LogP contribution in [0.2, 0.25) is 0 Å². The van der Waals surface area contributed by atoms with E-state index >= 15 is 0 Å². The highest BCUT2D eigenvalue weighted by Crippen LogP contribution is 2.22. The molecule has 0 spiro atoms. The van der Waals surface area contributed by atoms with E-state index < -0.39 is 0 Å². The number of nitrogens with one attached hydrogen (secondary N) is 1. The van der Waals surface area contributed by atoms with Crippen LogP contribution in [0.4, 0.5) is 0 Å². The molecule has 0 amide bonds. The number of H-pyrrole nitrogens is 1. The lowest BCUT2D eigenvalue weighted by molar-refractivity contribution is 0.789. The molecule has 2 heterocycles. The van der Waals surface area contributed by atoms with Gasteiger partial charge in [0.15, 0.2) is 0 Å². The minimum atomic E-state index is -0.0103. The molecule has 3 aromatic rings. The second kappa shape index (κ2) is 3.33. The summed E-state index contributed by atoms with van der Waals surface area (Å²) in [6.45, 7) is 1.95. The van der Waals surface area contributed by atoms with E-state index in [9.17, 15) is 0 Å². The summed E-state index contributed by atoms with van der Waals surface area (Å²) in [4.78, 5) is 7.71. The van der Waals surface area contributed by atoms with Gasteiger partial charge in [-0.1, -0.05) is 15.9 Å². The third kappa shape index (κ3) is 1.36. The first-order valence-electron chi connectivity index (χ1n) is 5.07. The Morgan fingerprint density at radius 1 is 1.50 bits per heavy atom. The van der Waals surface area contributed by atoms with Gasteiger partial charge >= 0.3 is 0 Å². The van der Waals surface area contributed by atoms with Crippen LogP contribution in [0.25, 0.3) is 16.8 Å². The Labute approximate surface area is 101 Å². The smallest absolute Gasteiger partial charge is 0.212 e. The number of halogens is 1. The van der Waals surface area contributed by atoms with Crippen LogP contribution in [-0.2, 0) is 0 Å². The Balaban J connectivity index is 2.36. The number of aromatic amines is 1. The van der Waals surface area contributed by atoms with Crippen molar-refractivity contribution in [1.82, 2.24) is 14.4 Å². The topological polar surface area (TPSA) is 59.1 Å². The summed E-state index contributed by atoms with van der Waals surface area (Å²) in [6, 6.07) is 6.02. The molecule has 0 radical (unpaired) electrons. The molecule has 3 rings (SSSR count). The molecule has 2 aromatic heterocycles. The van der Waals surface area contributed by atoms with Gasteiger partial charge in [0, 0.05) is 16.7 Å². The first-order valence-corrected chi connectivity index (χ1v) is 5.86. The van der Waals surface area contributed by atoms with E-state index in [1.165, 1.54) is 0 Å². The molecular formula is C11H11BrN4. The standard InChI is InChI=1S/C11H11BrN4/c1-6(13)9-5-16-10-4-7(12)2-3-8(10)14-11(16)15-9/h2-6H,13H2,1H3,(H,14,15). The summed E-state index contributed by atoms with van der Waals surface area (Å²) in [6.07, 6.45) is 2.00. The van der Waals surface area contributed by atoms with Crippen molar-refractivity contribution in [3.8, 4) is 0 Å². The van der Waals surface area contributed by atoms with E-state index in [1.54, 1.807) is 0 Å². The highest BCUT2D eigenvalue weighted by Gasteiger charge is 2.09. The summed E-state index contributed by atoms with van der Waals surface area (Å²) in [5.74, 6) is 0.834. The van der Waals surface area contributed by atoms with Crippen molar-refractivity contribution >= 4 is 32.7 Å². The molecule has 5 heteroatoms. The Morgan fingerprint density at radius 2 is 2.31 bits per heavy atom. The van der Waals surface area contributed by atoms with Crippen LogP contribution in [0, 0.1) is 0 Å². The minimum Gasteiger partial charge on any atom is -0.326 e. The molecule has 4 nitrogen and oxygen atoms in total. The minimum absolute atomic E-state index is 0.0103. The molecule has 82 valence electrons. The van der Waals surface area contributed by atoms with Crippen LogP contribution in [0.5, 0.6) is 0 Å². The second-order valence-corrected chi connectivity index (χ2v) is 4.85. The predicted molar refractivity (Wildman–Crippen MR) is 67.4 cm³/mol. The number of hydrogen-bond donors (Lipinski definition) is 2. The van der Waals surface area contributed by atoms with E-state index in [-0.39, 0.29) is 6.04 Å². The number of nitrogens with zero attached hydrogens (tertiary/aromatic N) is 2. The largest absolute Gasteiger partial charge is 0.326 e. The van der Waals surface area contributed by atoms with Crippen molar-refractivity contribution in [2.24, 2.45) is 5.73 Å². The lowest BCUT2D eigenvalue weighted by atomic mass is 10.3. The fraction of sp³-hybridized carbons (Fsp3) is 0.182. The van der Waals surface area contributed by atoms with Crippen molar-refractivity contribution in [2.75, 3.05) is 0 Å². The lowest BCUT2D eigenvalue weighted by Crippen LogP contribution is -2.04. The maximum Gasteiger partial charge on any atom is 0.212 e. The summed E-state index contributed by atoms with van der Waals surface area (Å²) in [5.41, 5.74) is 8.87. The highest BCUT2D eigenvalue weighted by molar-refractivity contribution is 9.10. The van der Waals surface area contributed by atoms with Gasteiger partial charge in [0.25, 0.3) is 0 Å². The van der Waals surface area contributed by atoms with E-state index in [4.69, 9.17) is 5.73 Å². The number of rotatable bonds is 1. The molecular weight excluding hydrogens is 268 g/mol. The Kier molecular flexibility index (Phi) is 2.05. The molecule has 0 aliphatic heterocycles. The van der Waals surface area contributed by atoms with Crippen LogP contribution in [0.3, 0.4) is 0 Å². The molecule has 0 aliphatic carbocycles. The van der Waals surface area contributed by atoms with Gasteiger partial charge in [-0.3, -0.25) is 4.40 Å². The average molecular weight is 279 g/mol. The number of imidazole rings is 2. The van der Waals surface area contributed by atoms with E-state index in [2.05, 4.69) is 25.9 Å². The van der Waals surface area contributed by atoms with Gasteiger partial charge in [-0.2, -0.15) is 0 Å². The second-order valence-electron chi connectivity index (χ2n) is 3.94. The van der Waals surface area contributed by atoms with Crippen molar-refractivity contribution in [3.05, 3.63) is 34.6 Å². The molecule has 3 N–H and O–H groups in total. The van der Waals surface area contributed by atoms with Gasteiger partial charge < -0.3 is 10.7 Å². The zero-order valence-electron chi connectivity index (χ0n) is 8.74. The molecule has 0 fully saturated rings. The van der Waals surface area contributed by atoms with Crippen LogP contribution in [0.15, 0.2) is 28.9 Å². The van der Waals surface area contributed by atoms with Crippen molar-refractivity contribution in [2.45, 2.75) is 13.0 Å². The van der Waals surface area contributed by atoms with Crippen LogP contribution >= 0.6 is 15.9 Å². The van der Waals surface area contributed by atoms with Gasteiger partial charge in [-0.25, -0.2) is 4.98 Å². The normalized spacial score (nSPS) is 13.7.